The fraction of sp³-hybridized carbons (Fsp3) is 0.100. The molecule has 3 rings (SSSR count). The predicted octanol–water partition coefficient (Wildman–Crippen LogP) is 2.00. The molecule has 3 aromatic rings. The van der Waals surface area contributed by atoms with Crippen LogP contribution in [0.4, 0.5) is 0 Å². The summed E-state index contributed by atoms with van der Waals surface area (Å²) in [6, 6.07) is 8.04. The van der Waals surface area contributed by atoms with E-state index in [2.05, 4.69) is 21.4 Å². The summed E-state index contributed by atoms with van der Waals surface area (Å²) in [7, 11) is 0. The van der Waals surface area contributed by atoms with E-state index >= 15 is 0 Å². The minimum absolute atomic E-state index is 0.909. The van der Waals surface area contributed by atoms with Crippen LogP contribution in [0.25, 0.3) is 16.4 Å². The van der Waals surface area contributed by atoms with Gasteiger partial charge in [0.1, 0.15) is 16.9 Å². The van der Waals surface area contributed by atoms with Gasteiger partial charge in [-0.3, -0.25) is 0 Å². The molecule has 74 valence electrons. The highest BCUT2D eigenvalue weighted by molar-refractivity contribution is 7.98. The Balaban J connectivity index is 2.56. The maximum absolute atomic E-state index is 4.42. The summed E-state index contributed by atoms with van der Waals surface area (Å²) in [5.41, 5.74) is 2.01. The van der Waals surface area contributed by atoms with E-state index in [0.29, 0.717) is 0 Å². The number of hydrogen-bond donors (Lipinski definition) is 0. The largest absolute Gasteiger partial charge is 0.217 e. The SMILES string of the molecule is CSc1nncn2nc3ccccc3c12. The molecule has 0 amide bonds. The summed E-state index contributed by atoms with van der Waals surface area (Å²) in [6.07, 6.45) is 3.63. The van der Waals surface area contributed by atoms with Crippen molar-refractivity contribution >= 4 is 28.2 Å². The molecule has 0 fully saturated rings. The van der Waals surface area contributed by atoms with Crippen molar-refractivity contribution in [3.05, 3.63) is 30.6 Å². The molecule has 2 heterocycles. The lowest BCUT2D eigenvalue weighted by Gasteiger charge is -1.96. The first-order valence-electron chi connectivity index (χ1n) is 4.53. The van der Waals surface area contributed by atoms with Crippen LogP contribution in [0.1, 0.15) is 0 Å². The lowest BCUT2D eigenvalue weighted by molar-refractivity contribution is 0.824. The number of benzene rings is 1. The molecular formula is C10H8N4S. The summed E-state index contributed by atoms with van der Waals surface area (Å²) in [5.74, 6) is 0. The maximum Gasteiger partial charge on any atom is 0.145 e. The summed E-state index contributed by atoms with van der Waals surface area (Å²) < 4.78 is 1.78. The van der Waals surface area contributed by atoms with Crippen LogP contribution in [0, 0.1) is 0 Å². The van der Waals surface area contributed by atoms with Gasteiger partial charge in [-0.25, -0.2) is 4.52 Å². The van der Waals surface area contributed by atoms with Gasteiger partial charge in [0.2, 0.25) is 0 Å². The molecule has 0 aliphatic carbocycles. The average molecular weight is 216 g/mol. The van der Waals surface area contributed by atoms with E-state index in [1.54, 1.807) is 22.6 Å². The summed E-state index contributed by atoms with van der Waals surface area (Å²) in [4.78, 5) is 0. The summed E-state index contributed by atoms with van der Waals surface area (Å²) in [6.45, 7) is 0. The van der Waals surface area contributed by atoms with Gasteiger partial charge in [0.05, 0.1) is 5.52 Å². The molecule has 5 heteroatoms. The first kappa shape index (κ1) is 8.67. The van der Waals surface area contributed by atoms with Crippen molar-refractivity contribution in [3.8, 4) is 0 Å². The van der Waals surface area contributed by atoms with Crippen molar-refractivity contribution in [2.75, 3.05) is 6.26 Å². The predicted molar refractivity (Wildman–Crippen MR) is 60.1 cm³/mol. The van der Waals surface area contributed by atoms with Crippen molar-refractivity contribution < 1.29 is 0 Å². The Kier molecular flexibility index (Phi) is 1.85. The van der Waals surface area contributed by atoms with Gasteiger partial charge in [0.15, 0.2) is 0 Å². The molecular weight excluding hydrogens is 208 g/mol. The summed E-state index contributed by atoms with van der Waals surface area (Å²) >= 11 is 1.58. The van der Waals surface area contributed by atoms with Crippen molar-refractivity contribution in [2.24, 2.45) is 0 Å². The van der Waals surface area contributed by atoms with Gasteiger partial charge in [0.25, 0.3) is 0 Å². The highest BCUT2D eigenvalue weighted by Gasteiger charge is 2.09. The molecule has 0 radical (unpaired) electrons. The standard InChI is InChI=1S/C10H8N4S/c1-15-10-9-7-4-2-3-5-8(7)13-14(9)6-11-12-10/h2-6H,1H3. The van der Waals surface area contributed by atoms with E-state index in [1.807, 2.05) is 24.5 Å². The number of nitrogens with zero attached hydrogens (tertiary/aromatic N) is 4. The molecule has 0 unspecified atom stereocenters. The zero-order valence-electron chi connectivity index (χ0n) is 8.08. The molecule has 0 saturated heterocycles. The van der Waals surface area contributed by atoms with E-state index in [-0.39, 0.29) is 0 Å². The molecule has 0 N–H and O–H groups in total. The molecule has 4 nitrogen and oxygen atoms in total. The van der Waals surface area contributed by atoms with Crippen LogP contribution in [-0.2, 0) is 0 Å². The number of fused-ring (bicyclic) bond motifs is 3. The Labute approximate surface area is 90.3 Å². The minimum Gasteiger partial charge on any atom is -0.217 e. The molecule has 0 aliphatic rings. The van der Waals surface area contributed by atoms with E-state index in [9.17, 15) is 0 Å². The Hall–Kier alpha value is -1.62. The van der Waals surface area contributed by atoms with Crippen LogP contribution in [0.2, 0.25) is 0 Å². The van der Waals surface area contributed by atoms with Crippen LogP contribution in [-0.4, -0.2) is 26.1 Å². The molecule has 0 atom stereocenters. The van der Waals surface area contributed by atoms with Gasteiger partial charge in [0, 0.05) is 5.39 Å². The highest BCUT2D eigenvalue weighted by Crippen LogP contribution is 2.25. The van der Waals surface area contributed by atoms with E-state index in [1.165, 1.54) is 0 Å². The second-order valence-electron chi connectivity index (χ2n) is 3.15. The second-order valence-corrected chi connectivity index (χ2v) is 3.95. The van der Waals surface area contributed by atoms with Gasteiger partial charge in [-0.1, -0.05) is 18.2 Å². The maximum atomic E-state index is 4.42. The molecule has 15 heavy (non-hydrogen) atoms. The Bertz CT molecular complexity index is 631. The Morgan fingerprint density at radius 3 is 3.00 bits per heavy atom. The first-order chi connectivity index (χ1) is 7.40. The molecule has 1 aromatic carbocycles. The van der Waals surface area contributed by atoms with E-state index < -0.39 is 0 Å². The van der Waals surface area contributed by atoms with Gasteiger partial charge in [-0.05, 0) is 12.3 Å². The molecule has 0 spiro atoms. The third-order valence-electron chi connectivity index (χ3n) is 2.31. The van der Waals surface area contributed by atoms with Gasteiger partial charge in [-0.2, -0.15) is 5.10 Å². The van der Waals surface area contributed by atoms with Crippen molar-refractivity contribution in [1.82, 2.24) is 19.8 Å². The summed E-state index contributed by atoms with van der Waals surface area (Å²) in [5, 5.41) is 14.5. The first-order valence-corrected chi connectivity index (χ1v) is 5.75. The van der Waals surface area contributed by atoms with Gasteiger partial charge < -0.3 is 0 Å². The van der Waals surface area contributed by atoms with Crippen LogP contribution < -0.4 is 0 Å². The fourth-order valence-corrected chi connectivity index (χ4v) is 2.18. The Morgan fingerprint density at radius 2 is 2.13 bits per heavy atom. The molecule has 2 aromatic heterocycles. The second kappa shape index (κ2) is 3.20. The monoisotopic (exact) mass is 216 g/mol. The average Bonchev–Trinajstić information content (AvgIpc) is 2.67. The Morgan fingerprint density at radius 1 is 1.27 bits per heavy atom. The molecule has 0 bridgehead atoms. The normalized spacial score (nSPS) is 11.3. The van der Waals surface area contributed by atoms with E-state index in [0.717, 1.165) is 21.4 Å². The van der Waals surface area contributed by atoms with Crippen LogP contribution in [0.3, 0.4) is 0 Å². The van der Waals surface area contributed by atoms with E-state index in [4.69, 9.17) is 0 Å². The molecule has 0 aliphatic heterocycles. The highest BCUT2D eigenvalue weighted by atomic mass is 32.2. The minimum atomic E-state index is 0.909. The van der Waals surface area contributed by atoms with Gasteiger partial charge in [-0.15, -0.1) is 22.0 Å². The molecule has 0 saturated carbocycles. The van der Waals surface area contributed by atoms with Crippen LogP contribution in [0.5, 0.6) is 0 Å². The van der Waals surface area contributed by atoms with Crippen molar-refractivity contribution in [2.45, 2.75) is 5.03 Å². The van der Waals surface area contributed by atoms with Gasteiger partial charge >= 0.3 is 0 Å². The van der Waals surface area contributed by atoms with Crippen molar-refractivity contribution in [3.63, 3.8) is 0 Å². The zero-order chi connectivity index (χ0) is 10.3. The fourth-order valence-electron chi connectivity index (χ4n) is 1.66. The number of hydrogen-bond acceptors (Lipinski definition) is 4. The number of thioether (sulfide) groups is 1. The smallest absolute Gasteiger partial charge is 0.145 e. The van der Waals surface area contributed by atoms with Crippen LogP contribution >= 0.6 is 11.8 Å². The van der Waals surface area contributed by atoms with Crippen LogP contribution in [0.15, 0.2) is 35.6 Å². The van der Waals surface area contributed by atoms with Crippen molar-refractivity contribution in [1.29, 1.82) is 0 Å². The number of rotatable bonds is 1. The third kappa shape index (κ3) is 1.20. The lowest BCUT2D eigenvalue weighted by atomic mass is 10.2. The third-order valence-corrected chi connectivity index (χ3v) is 2.97. The topological polar surface area (TPSA) is 43.1 Å². The quantitative estimate of drug-likeness (QED) is 0.583. The zero-order valence-corrected chi connectivity index (χ0v) is 8.90. The number of aromatic nitrogens is 4. The lowest BCUT2D eigenvalue weighted by Crippen LogP contribution is -1.93.